The quantitative estimate of drug-likeness (QED) is 0.124. The Bertz CT molecular complexity index is 1950. The van der Waals surface area contributed by atoms with E-state index in [1.165, 1.54) is 60.7 Å². The van der Waals surface area contributed by atoms with Gasteiger partial charge in [-0.3, -0.25) is 0 Å². The molecule has 0 amide bonds. The minimum absolute atomic E-state index is 0.0619. The van der Waals surface area contributed by atoms with Gasteiger partial charge in [0.1, 0.15) is 64.0 Å². The van der Waals surface area contributed by atoms with E-state index in [0.29, 0.717) is 39.1 Å². The second-order valence-electron chi connectivity index (χ2n) is 11.2. The molecule has 0 radical (unpaired) electrons. The molecule has 0 aliphatic carbocycles. The maximum absolute atomic E-state index is 11.6. The van der Waals surface area contributed by atoms with E-state index in [0.717, 1.165) is 0 Å². The molecule has 2 aliphatic heterocycles. The largest absolute Gasteiger partial charge is 0.508 e. The number of aliphatic hydroxyl groups is 1. The number of ether oxygens (including phenoxy) is 2. The molecule has 228 valence electrons. The first-order valence-electron chi connectivity index (χ1n) is 14.1. The second kappa shape index (κ2) is 10.5. The molecule has 8 N–H and O–H groups in total. The predicted molar refractivity (Wildman–Crippen MR) is 160 cm³/mol. The number of phenols is 7. The van der Waals surface area contributed by atoms with Crippen molar-refractivity contribution < 1.29 is 50.3 Å². The van der Waals surface area contributed by atoms with Crippen molar-refractivity contribution in [2.45, 2.75) is 30.7 Å². The molecule has 5 aromatic carbocycles. The predicted octanol–water partition coefficient (Wildman–Crippen LogP) is 5.65. The summed E-state index contributed by atoms with van der Waals surface area (Å²) in [4.78, 5) is 0. The minimum atomic E-state index is -0.960. The number of phenolic OH excluding ortho intramolecular Hbond substituents is 7. The number of rotatable bonds is 5. The molecule has 0 saturated carbocycles. The van der Waals surface area contributed by atoms with Crippen molar-refractivity contribution in [3.05, 3.63) is 124 Å². The Kier molecular flexibility index (Phi) is 6.52. The van der Waals surface area contributed by atoms with E-state index in [1.807, 2.05) is 0 Å². The maximum atomic E-state index is 11.6. The van der Waals surface area contributed by atoms with Crippen LogP contribution >= 0.6 is 0 Å². The molecular formula is C35H28O10. The highest BCUT2D eigenvalue weighted by Crippen LogP contribution is 2.59. The Morgan fingerprint density at radius 1 is 0.467 bits per heavy atom. The average Bonchev–Trinajstić information content (AvgIpc) is 3.57. The van der Waals surface area contributed by atoms with Crippen LogP contribution in [0.4, 0.5) is 0 Å². The van der Waals surface area contributed by atoms with Crippen LogP contribution in [-0.4, -0.2) is 40.9 Å². The summed E-state index contributed by atoms with van der Waals surface area (Å²) in [6.45, 7) is -0.316. The van der Waals surface area contributed by atoms with E-state index < -0.39 is 24.0 Å². The summed E-state index contributed by atoms with van der Waals surface area (Å²) < 4.78 is 12.7. The summed E-state index contributed by atoms with van der Waals surface area (Å²) >= 11 is 0. The van der Waals surface area contributed by atoms with Crippen LogP contribution in [0.5, 0.6) is 51.7 Å². The van der Waals surface area contributed by atoms with Crippen molar-refractivity contribution in [3.8, 4) is 51.7 Å². The number of fused-ring (bicyclic) bond motifs is 2. The van der Waals surface area contributed by atoms with Crippen molar-refractivity contribution in [2.24, 2.45) is 0 Å². The lowest BCUT2D eigenvalue weighted by molar-refractivity contribution is 0.213. The molecule has 0 fully saturated rings. The van der Waals surface area contributed by atoms with Crippen LogP contribution < -0.4 is 9.47 Å². The van der Waals surface area contributed by atoms with E-state index in [1.54, 1.807) is 24.3 Å². The third kappa shape index (κ3) is 4.63. The SMILES string of the molecule is OCc1cc(O)c2c(c1)O[C@H](c1ccc(O)cc1)[C@H]2c1cc(O)c2c(c1)O[C@H](c1ccc(O)cc1O)[C@H]2c1ccc(O)cc1O. The summed E-state index contributed by atoms with van der Waals surface area (Å²) in [7, 11) is 0. The van der Waals surface area contributed by atoms with E-state index in [-0.39, 0.29) is 58.2 Å². The molecule has 4 atom stereocenters. The Labute approximate surface area is 256 Å². The Morgan fingerprint density at radius 2 is 1.02 bits per heavy atom. The lowest BCUT2D eigenvalue weighted by Crippen LogP contribution is -2.12. The first kappa shape index (κ1) is 28.1. The first-order chi connectivity index (χ1) is 21.6. The van der Waals surface area contributed by atoms with Gasteiger partial charge in [-0.1, -0.05) is 18.2 Å². The van der Waals surface area contributed by atoms with Gasteiger partial charge >= 0.3 is 0 Å². The van der Waals surface area contributed by atoms with Crippen molar-refractivity contribution in [3.63, 3.8) is 0 Å². The normalized spacial score (nSPS) is 19.8. The Hall–Kier alpha value is -5.74. The zero-order chi connectivity index (χ0) is 31.6. The highest BCUT2D eigenvalue weighted by atomic mass is 16.5. The van der Waals surface area contributed by atoms with Crippen molar-refractivity contribution in [1.82, 2.24) is 0 Å². The molecule has 7 rings (SSSR count). The van der Waals surface area contributed by atoms with E-state index in [4.69, 9.17) is 9.47 Å². The van der Waals surface area contributed by atoms with Crippen LogP contribution in [0.3, 0.4) is 0 Å². The fraction of sp³-hybridized carbons (Fsp3) is 0.143. The molecule has 0 saturated heterocycles. The third-order valence-electron chi connectivity index (χ3n) is 8.49. The highest BCUT2D eigenvalue weighted by Gasteiger charge is 2.44. The van der Waals surface area contributed by atoms with Gasteiger partial charge in [-0.05, 0) is 71.3 Å². The number of aromatic hydroxyl groups is 7. The molecule has 0 aromatic heterocycles. The molecule has 2 aliphatic rings. The molecule has 45 heavy (non-hydrogen) atoms. The molecule has 5 aromatic rings. The number of hydrogen-bond donors (Lipinski definition) is 8. The molecule has 0 spiro atoms. The topological polar surface area (TPSA) is 180 Å². The van der Waals surface area contributed by atoms with Gasteiger partial charge in [-0.25, -0.2) is 0 Å². The van der Waals surface area contributed by atoms with Crippen LogP contribution in [0.1, 0.15) is 63.0 Å². The average molecular weight is 609 g/mol. The number of aliphatic hydroxyl groups excluding tert-OH is 1. The van der Waals surface area contributed by atoms with Crippen LogP contribution in [0, 0.1) is 0 Å². The zero-order valence-corrected chi connectivity index (χ0v) is 23.5. The standard InChI is InChI=1S/C35H28O10/c36-15-16-9-26(42)32-28(10-16)44-34(17-1-3-19(37)4-2-17)30(32)18-11-27(43)33-29(12-18)45-35(23-8-6-21(39)14-25(23)41)31(33)22-7-5-20(38)13-24(22)40/h1-14,30-31,34-43H,15H2/t30-,31-,34+,35+/m0/s1. The van der Waals surface area contributed by atoms with Gasteiger partial charge in [0.2, 0.25) is 0 Å². The monoisotopic (exact) mass is 608 g/mol. The van der Waals surface area contributed by atoms with Gasteiger partial charge in [-0.2, -0.15) is 0 Å². The smallest absolute Gasteiger partial charge is 0.139 e. The molecule has 10 heteroatoms. The van der Waals surface area contributed by atoms with Gasteiger partial charge in [0.25, 0.3) is 0 Å². The van der Waals surface area contributed by atoms with Gasteiger partial charge in [0.15, 0.2) is 0 Å². The Balaban J connectivity index is 1.41. The lowest BCUT2D eigenvalue weighted by atomic mass is 9.81. The fourth-order valence-electron chi connectivity index (χ4n) is 6.50. The molecule has 0 bridgehead atoms. The van der Waals surface area contributed by atoms with E-state index in [2.05, 4.69) is 0 Å². The van der Waals surface area contributed by atoms with Crippen LogP contribution in [0.15, 0.2) is 84.9 Å². The molecule has 2 heterocycles. The molecule has 10 nitrogen and oxygen atoms in total. The van der Waals surface area contributed by atoms with Gasteiger partial charge in [0.05, 0.1) is 18.4 Å². The van der Waals surface area contributed by atoms with Gasteiger partial charge in [-0.15, -0.1) is 0 Å². The number of benzene rings is 5. The van der Waals surface area contributed by atoms with Crippen LogP contribution in [0.25, 0.3) is 0 Å². The van der Waals surface area contributed by atoms with E-state index in [9.17, 15) is 40.9 Å². The van der Waals surface area contributed by atoms with Crippen molar-refractivity contribution in [1.29, 1.82) is 0 Å². The lowest BCUT2D eigenvalue weighted by Gasteiger charge is -2.22. The van der Waals surface area contributed by atoms with E-state index >= 15 is 0 Å². The third-order valence-corrected chi connectivity index (χ3v) is 8.49. The highest BCUT2D eigenvalue weighted by molar-refractivity contribution is 5.64. The van der Waals surface area contributed by atoms with Crippen molar-refractivity contribution in [2.75, 3.05) is 0 Å². The zero-order valence-electron chi connectivity index (χ0n) is 23.5. The minimum Gasteiger partial charge on any atom is -0.508 e. The number of hydrogen-bond acceptors (Lipinski definition) is 10. The fourth-order valence-corrected chi connectivity index (χ4v) is 6.50. The van der Waals surface area contributed by atoms with Crippen LogP contribution in [-0.2, 0) is 6.61 Å². The van der Waals surface area contributed by atoms with Crippen LogP contribution in [0.2, 0.25) is 0 Å². The van der Waals surface area contributed by atoms with Gasteiger partial charge < -0.3 is 50.3 Å². The summed E-state index contributed by atoms with van der Waals surface area (Å²) in [5, 5.41) is 83.9. The summed E-state index contributed by atoms with van der Waals surface area (Å²) in [5.74, 6) is -1.99. The summed E-state index contributed by atoms with van der Waals surface area (Å²) in [6, 6.07) is 20.9. The second-order valence-corrected chi connectivity index (χ2v) is 11.2. The Morgan fingerprint density at radius 3 is 1.67 bits per heavy atom. The summed E-state index contributed by atoms with van der Waals surface area (Å²) in [6.07, 6.45) is -1.66. The van der Waals surface area contributed by atoms with Crippen molar-refractivity contribution >= 4 is 0 Å². The van der Waals surface area contributed by atoms with Gasteiger partial charge in [0, 0.05) is 34.4 Å². The first-order valence-corrected chi connectivity index (χ1v) is 14.1. The molecular weight excluding hydrogens is 580 g/mol. The molecule has 0 unspecified atom stereocenters. The summed E-state index contributed by atoms with van der Waals surface area (Å²) in [5.41, 5.74) is 2.99. The maximum Gasteiger partial charge on any atom is 0.139 e.